The third-order valence-corrected chi connectivity index (χ3v) is 3.92. The average molecular weight is 192 g/mol. The number of hydrogen-bond donors (Lipinski definition) is 1. The molecule has 2 aliphatic carbocycles. The predicted octanol–water partition coefficient (Wildman–Crippen LogP) is 2.09. The van der Waals surface area contributed by atoms with Crippen molar-refractivity contribution in [1.82, 2.24) is 0 Å². The quantitative estimate of drug-likeness (QED) is 0.667. The van der Waals surface area contributed by atoms with E-state index in [2.05, 4.69) is 6.92 Å². The van der Waals surface area contributed by atoms with Crippen molar-refractivity contribution in [3.05, 3.63) is 35.1 Å². The molecule has 3 rings (SSSR count). The van der Waals surface area contributed by atoms with Crippen LogP contribution in [-0.4, -0.2) is 11.2 Å². The molecule has 4 unspecified atom stereocenters. The van der Waals surface area contributed by atoms with Crippen LogP contribution < -0.4 is 0 Å². The van der Waals surface area contributed by atoms with Crippen LogP contribution in [0, 0.1) is 17.7 Å². The summed E-state index contributed by atoms with van der Waals surface area (Å²) in [4.78, 5) is 0. The molecule has 0 bridgehead atoms. The van der Waals surface area contributed by atoms with Crippen LogP contribution in [0.5, 0.6) is 0 Å². The number of aliphatic hydroxyl groups excluding tert-OH is 1. The lowest BCUT2D eigenvalue weighted by Crippen LogP contribution is -2.45. The first kappa shape index (κ1) is 8.42. The molecule has 1 fully saturated rings. The maximum atomic E-state index is 13.0. The SMILES string of the molecule is CC1C(O)C2Cc3cc(F)ccc3C12. The molecule has 0 heterocycles. The van der Waals surface area contributed by atoms with Gasteiger partial charge >= 0.3 is 0 Å². The van der Waals surface area contributed by atoms with E-state index < -0.39 is 0 Å². The molecule has 14 heavy (non-hydrogen) atoms. The molecule has 0 radical (unpaired) electrons. The van der Waals surface area contributed by atoms with Crippen molar-refractivity contribution in [3.8, 4) is 0 Å². The Morgan fingerprint density at radius 1 is 1.43 bits per heavy atom. The van der Waals surface area contributed by atoms with Crippen LogP contribution in [-0.2, 0) is 6.42 Å². The van der Waals surface area contributed by atoms with Gasteiger partial charge in [0.25, 0.3) is 0 Å². The molecule has 1 saturated carbocycles. The predicted molar refractivity (Wildman–Crippen MR) is 51.5 cm³/mol. The van der Waals surface area contributed by atoms with Gasteiger partial charge in [0.2, 0.25) is 0 Å². The smallest absolute Gasteiger partial charge is 0.123 e. The minimum atomic E-state index is -0.185. The molecule has 2 aliphatic rings. The number of hydrogen-bond acceptors (Lipinski definition) is 1. The van der Waals surface area contributed by atoms with Gasteiger partial charge in [0, 0.05) is 0 Å². The Kier molecular flexibility index (Phi) is 1.55. The van der Waals surface area contributed by atoms with Crippen molar-refractivity contribution < 1.29 is 9.50 Å². The van der Waals surface area contributed by atoms with Crippen LogP contribution >= 0.6 is 0 Å². The summed E-state index contributed by atoms with van der Waals surface area (Å²) in [6.45, 7) is 2.07. The molecule has 0 aliphatic heterocycles. The van der Waals surface area contributed by atoms with E-state index in [-0.39, 0.29) is 11.9 Å². The first-order valence-corrected chi connectivity index (χ1v) is 5.15. The highest BCUT2D eigenvalue weighted by Crippen LogP contribution is 2.54. The summed E-state index contributed by atoms with van der Waals surface area (Å²) in [5.74, 6) is 1.00. The number of rotatable bonds is 0. The second-order valence-electron chi connectivity index (χ2n) is 4.59. The average Bonchev–Trinajstić information content (AvgIpc) is 2.52. The monoisotopic (exact) mass is 192 g/mol. The minimum absolute atomic E-state index is 0.160. The molecular formula is C12H13FO. The molecule has 1 aromatic carbocycles. The van der Waals surface area contributed by atoms with Gasteiger partial charge in [0.1, 0.15) is 5.82 Å². The molecule has 1 nitrogen and oxygen atoms in total. The zero-order valence-corrected chi connectivity index (χ0v) is 8.07. The zero-order valence-electron chi connectivity index (χ0n) is 8.07. The Balaban J connectivity index is 2.04. The normalized spacial score (nSPS) is 38.8. The van der Waals surface area contributed by atoms with E-state index in [1.165, 1.54) is 11.6 Å². The van der Waals surface area contributed by atoms with Gasteiger partial charge in [-0.15, -0.1) is 0 Å². The van der Waals surface area contributed by atoms with E-state index in [1.54, 1.807) is 6.07 Å². The molecule has 0 spiro atoms. The lowest BCUT2D eigenvalue weighted by atomic mass is 9.63. The number of fused-ring (bicyclic) bond motifs is 3. The second-order valence-corrected chi connectivity index (χ2v) is 4.59. The Labute approximate surface area is 82.6 Å². The Morgan fingerprint density at radius 3 is 3.00 bits per heavy atom. The van der Waals surface area contributed by atoms with Crippen molar-refractivity contribution in [2.75, 3.05) is 0 Å². The zero-order chi connectivity index (χ0) is 9.87. The summed E-state index contributed by atoms with van der Waals surface area (Å²) < 4.78 is 13.0. The highest BCUT2D eigenvalue weighted by Gasteiger charge is 2.51. The van der Waals surface area contributed by atoms with Crippen molar-refractivity contribution in [1.29, 1.82) is 0 Å². The van der Waals surface area contributed by atoms with Gasteiger partial charge < -0.3 is 5.11 Å². The van der Waals surface area contributed by atoms with Crippen LogP contribution in [0.4, 0.5) is 4.39 Å². The fourth-order valence-electron chi connectivity index (χ4n) is 3.15. The van der Waals surface area contributed by atoms with Gasteiger partial charge in [0.05, 0.1) is 6.10 Å². The van der Waals surface area contributed by atoms with Gasteiger partial charge in [0.15, 0.2) is 0 Å². The van der Waals surface area contributed by atoms with Crippen LogP contribution in [0.2, 0.25) is 0 Å². The largest absolute Gasteiger partial charge is 0.393 e. The lowest BCUT2D eigenvalue weighted by molar-refractivity contribution is -0.0474. The number of halogens is 1. The lowest BCUT2D eigenvalue weighted by Gasteiger charge is -2.44. The minimum Gasteiger partial charge on any atom is -0.393 e. The van der Waals surface area contributed by atoms with E-state index in [0.29, 0.717) is 17.8 Å². The van der Waals surface area contributed by atoms with Crippen LogP contribution in [0.1, 0.15) is 24.0 Å². The maximum Gasteiger partial charge on any atom is 0.123 e. The molecule has 2 heteroatoms. The van der Waals surface area contributed by atoms with Crippen LogP contribution in [0.25, 0.3) is 0 Å². The topological polar surface area (TPSA) is 20.2 Å². The summed E-state index contributed by atoms with van der Waals surface area (Å²) in [6, 6.07) is 5.03. The summed E-state index contributed by atoms with van der Waals surface area (Å²) in [5, 5.41) is 9.73. The summed E-state index contributed by atoms with van der Waals surface area (Å²) in [7, 11) is 0. The van der Waals surface area contributed by atoms with Gasteiger partial charge in [-0.3, -0.25) is 0 Å². The summed E-state index contributed by atoms with van der Waals surface area (Å²) >= 11 is 0. The second kappa shape index (κ2) is 2.57. The Hall–Kier alpha value is -0.890. The molecule has 4 atom stereocenters. The number of aliphatic hydroxyl groups is 1. The summed E-state index contributed by atoms with van der Waals surface area (Å²) in [6.07, 6.45) is 0.666. The van der Waals surface area contributed by atoms with Gasteiger partial charge in [-0.1, -0.05) is 13.0 Å². The molecule has 0 aromatic heterocycles. The molecule has 0 saturated heterocycles. The fourth-order valence-corrected chi connectivity index (χ4v) is 3.15. The molecule has 1 aromatic rings. The molecule has 1 N–H and O–H groups in total. The fraction of sp³-hybridized carbons (Fsp3) is 0.500. The first-order chi connectivity index (χ1) is 6.68. The van der Waals surface area contributed by atoms with E-state index >= 15 is 0 Å². The van der Waals surface area contributed by atoms with Crippen LogP contribution in [0.3, 0.4) is 0 Å². The third kappa shape index (κ3) is 0.871. The van der Waals surface area contributed by atoms with E-state index in [9.17, 15) is 9.50 Å². The van der Waals surface area contributed by atoms with E-state index in [4.69, 9.17) is 0 Å². The number of benzene rings is 1. The van der Waals surface area contributed by atoms with Crippen molar-refractivity contribution in [2.45, 2.75) is 25.4 Å². The van der Waals surface area contributed by atoms with Crippen molar-refractivity contribution in [2.24, 2.45) is 11.8 Å². The highest BCUT2D eigenvalue weighted by atomic mass is 19.1. The molecule has 74 valence electrons. The van der Waals surface area contributed by atoms with Crippen molar-refractivity contribution >= 4 is 0 Å². The van der Waals surface area contributed by atoms with Gasteiger partial charge in [-0.25, -0.2) is 4.39 Å². The standard InChI is InChI=1S/C12H13FO/c1-6-11-9-3-2-8(13)4-7(9)5-10(11)12(6)14/h2-4,6,10-12,14H,5H2,1H3. The van der Waals surface area contributed by atoms with E-state index in [1.807, 2.05) is 6.07 Å². The third-order valence-electron chi connectivity index (χ3n) is 3.92. The van der Waals surface area contributed by atoms with E-state index in [0.717, 1.165) is 12.0 Å². The van der Waals surface area contributed by atoms with Gasteiger partial charge in [-0.2, -0.15) is 0 Å². The summed E-state index contributed by atoms with van der Waals surface area (Å²) in [5.41, 5.74) is 2.36. The van der Waals surface area contributed by atoms with Crippen LogP contribution in [0.15, 0.2) is 18.2 Å². The van der Waals surface area contributed by atoms with Crippen molar-refractivity contribution in [3.63, 3.8) is 0 Å². The first-order valence-electron chi connectivity index (χ1n) is 5.15. The Morgan fingerprint density at radius 2 is 2.21 bits per heavy atom. The maximum absolute atomic E-state index is 13.0. The molecule has 0 amide bonds. The Bertz CT molecular complexity index is 388. The van der Waals surface area contributed by atoms with Gasteiger partial charge in [-0.05, 0) is 47.4 Å². The molecular weight excluding hydrogens is 179 g/mol. The highest BCUT2D eigenvalue weighted by molar-refractivity contribution is 5.40.